The smallest absolute Gasteiger partial charge is 0.311 e. The third-order valence-corrected chi connectivity index (χ3v) is 3.74. The Kier molecular flexibility index (Phi) is 6.56. The predicted octanol–water partition coefficient (Wildman–Crippen LogP) is 2.91. The highest BCUT2D eigenvalue weighted by Gasteiger charge is 2.40. The van der Waals surface area contributed by atoms with Crippen molar-refractivity contribution in [1.82, 2.24) is 0 Å². The molecule has 1 saturated carbocycles. The van der Waals surface area contributed by atoms with E-state index in [0.717, 1.165) is 19.3 Å². The van der Waals surface area contributed by atoms with E-state index >= 15 is 0 Å². The number of carbonyl (C=O) groups is 1. The van der Waals surface area contributed by atoms with Gasteiger partial charge >= 0.3 is 5.97 Å². The lowest BCUT2D eigenvalue weighted by Gasteiger charge is -2.20. The zero-order chi connectivity index (χ0) is 12.7. The van der Waals surface area contributed by atoms with Crippen LogP contribution in [0.1, 0.15) is 58.8 Å². The molecule has 0 aromatic carbocycles. The van der Waals surface area contributed by atoms with Crippen molar-refractivity contribution in [2.24, 2.45) is 11.8 Å². The molecule has 0 amide bonds. The van der Waals surface area contributed by atoms with Gasteiger partial charge in [0.15, 0.2) is 0 Å². The molecule has 0 spiro atoms. The van der Waals surface area contributed by atoms with Crippen molar-refractivity contribution in [3.05, 3.63) is 0 Å². The summed E-state index contributed by atoms with van der Waals surface area (Å²) in [6.45, 7) is 4.42. The Labute approximate surface area is 105 Å². The number of esters is 1. The molecule has 0 radical (unpaired) electrons. The number of hydrogen-bond acceptors (Lipinski definition) is 3. The summed E-state index contributed by atoms with van der Waals surface area (Å²) in [7, 11) is 0. The lowest BCUT2D eigenvalue weighted by Crippen LogP contribution is -2.30. The van der Waals surface area contributed by atoms with Crippen LogP contribution in [0.3, 0.4) is 0 Å². The van der Waals surface area contributed by atoms with E-state index in [1.165, 1.54) is 25.7 Å². The standard InChI is InChI=1S/C14H26O3/c1-3-5-6-7-8-11-9-10-12(15)13(11)14(16)17-4-2/h11-13,15H,3-10H2,1-2H3/t11-,12-,13+/m0/s1. The van der Waals surface area contributed by atoms with Crippen LogP contribution in [0, 0.1) is 11.8 Å². The Morgan fingerprint density at radius 3 is 2.65 bits per heavy atom. The van der Waals surface area contributed by atoms with Gasteiger partial charge in [-0.25, -0.2) is 0 Å². The second-order valence-electron chi connectivity index (χ2n) is 5.03. The molecule has 1 fully saturated rings. The van der Waals surface area contributed by atoms with Gasteiger partial charge in [-0.05, 0) is 32.1 Å². The molecule has 0 aliphatic heterocycles. The minimum atomic E-state index is -0.481. The number of hydrogen-bond donors (Lipinski definition) is 1. The van der Waals surface area contributed by atoms with E-state index in [0.29, 0.717) is 12.5 Å². The molecule has 17 heavy (non-hydrogen) atoms. The Morgan fingerprint density at radius 2 is 2.00 bits per heavy atom. The topological polar surface area (TPSA) is 46.5 Å². The van der Waals surface area contributed by atoms with Crippen LogP contribution in [0.4, 0.5) is 0 Å². The van der Waals surface area contributed by atoms with Gasteiger partial charge in [-0.3, -0.25) is 4.79 Å². The summed E-state index contributed by atoms with van der Waals surface area (Å²) < 4.78 is 5.05. The largest absolute Gasteiger partial charge is 0.466 e. The van der Waals surface area contributed by atoms with Crippen LogP contribution < -0.4 is 0 Å². The first-order valence-electron chi connectivity index (χ1n) is 7.05. The van der Waals surface area contributed by atoms with Crippen molar-refractivity contribution in [3.63, 3.8) is 0 Å². The summed E-state index contributed by atoms with van der Waals surface area (Å²) in [5.41, 5.74) is 0. The Morgan fingerprint density at radius 1 is 1.24 bits per heavy atom. The molecule has 0 saturated heterocycles. The van der Waals surface area contributed by atoms with Gasteiger partial charge in [-0.15, -0.1) is 0 Å². The maximum absolute atomic E-state index is 11.8. The SMILES string of the molecule is CCCCCC[C@H]1CC[C@H](O)[C@@H]1C(=O)OCC. The van der Waals surface area contributed by atoms with Crippen LogP contribution in [0.25, 0.3) is 0 Å². The lowest BCUT2D eigenvalue weighted by molar-refractivity contribution is -0.152. The van der Waals surface area contributed by atoms with Gasteiger partial charge in [-0.1, -0.05) is 32.6 Å². The fraction of sp³-hybridized carbons (Fsp3) is 0.929. The van der Waals surface area contributed by atoms with E-state index in [1.54, 1.807) is 0 Å². The van der Waals surface area contributed by atoms with Gasteiger partial charge < -0.3 is 9.84 Å². The van der Waals surface area contributed by atoms with Crippen LogP contribution in [0.15, 0.2) is 0 Å². The summed E-state index contributed by atoms with van der Waals surface area (Å²) in [5, 5.41) is 9.86. The first-order chi connectivity index (χ1) is 8.20. The highest BCUT2D eigenvalue weighted by molar-refractivity contribution is 5.73. The summed E-state index contributed by atoms with van der Waals surface area (Å²) in [5.74, 6) is -0.129. The van der Waals surface area contributed by atoms with Crippen molar-refractivity contribution in [3.8, 4) is 0 Å². The maximum Gasteiger partial charge on any atom is 0.311 e. The molecule has 0 bridgehead atoms. The molecule has 1 N–H and O–H groups in total. The number of aliphatic hydroxyl groups is 1. The molecule has 0 aromatic rings. The zero-order valence-corrected chi connectivity index (χ0v) is 11.2. The van der Waals surface area contributed by atoms with Gasteiger partial charge in [0.2, 0.25) is 0 Å². The van der Waals surface area contributed by atoms with Crippen molar-refractivity contribution in [2.45, 2.75) is 64.9 Å². The molecule has 1 aliphatic rings. The Hall–Kier alpha value is -0.570. The third kappa shape index (κ3) is 4.30. The first-order valence-corrected chi connectivity index (χ1v) is 7.05. The van der Waals surface area contributed by atoms with Crippen molar-refractivity contribution >= 4 is 5.97 Å². The lowest BCUT2D eigenvalue weighted by atomic mass is 9.90. The molecule has 0 heterocycles. The molecule has 0 aromatic heterocycles. The highest BCUT2D eigenvalue weighted by atomic mass is 16.5. The minimum absolute atomic E-state index is 0.196. The van der Waals surface area contributed by atoms with Crippen LogP contribution >= 0.6 is 0 Å². The number of carbonyl (C=O) groups excluding carboxylic acids is 1. The summed E-state index contributed by atoms with van der Waals surface area (Å²) >= 11 is 0. The van der Waals surface area contributed by atoms with Crippen molar-refractivity contribution in [1.29, 1.82) is 0 Å². The second kappa shape index (κ2) is 7.70. The minimum Gasteiger partial charge on any atom is -0.466 e. The van der Waals surface area contributed by atoms with Crippen molar-refractivity contribution in [2.75, 3.05) is 6.61 Å². The summed E-state index contributed by atoms with van der Waals surface area (Å²) in [4.78, 5) is 11.8. The quantitative estimate of drug-likeness (QED) is 0.551. The van der Waals surface area contributed by atoms with Gasteiger partial charge in [-0.2, -0.15) is 0 Å². The van der Waals surface area contributed by atoms with Gasteiger partial charge in [0.25, 0.3) is 0 Å². The van der Waals surface area contributed by atoms with E-state index in [-0.39, 0.29) is 11.9 Å². The molecule has 0 unspecified atom stereocenters. The van der Waals surface area contributed by atoms with Crippen molar-refractivity contribution < 1.29 is 14.6 Å². The second-order valence-corrected chi connectivity index (χ2v) is 5.03. The molecule has 100 valence electrons. The molecule has 3 atom stereocenters. The highest BCUT2D eigenvalue weighted by Crippen LogP contribution is 2.36. The van der Waals surface area contributed by atoms with E-state index in [1.807, 2.05) is 6.92 Å². The molecular formula is C14H26O3. The van der Waals surface area contributed by atoms with Crippen LogP contribution in [-0.2, 0) is 9.53 Å². The Balaban J connectivity index is 2.38. The van der Waals surface area contributed by atoms with Gasteiger partial charge in [0.05, 0.1) is 18.6 Å². The average molecular weight is 242 g/mol. The monoisotopic (exact) mass is 242 g/mol. The van der Waals surface area contributed by atoms with E-state index in [2.05, 4.69) is 6.92 Å². The van der Waals surface area contributed by atoms with E-state index in [9.17, 15) is 9.90 Å². The fourth-order valence-corrected chi connectivity index (χ4v) is 2.80. The van der Waals surface area contributed by atoms with E-state index < -0.39 is 6.10 Å². The Bertz CT molecular complexity index is 228. The average Bonchev–Trinajstić information content (AvgIpc) is 2.66. The normalized spacial score (nSPS) is 28.3. The summed E-state index contributed by atoms with van der Waals surface area (Å²) in [6, 6.07) is 0. The van der Waals surface area contributed by atoms with Crippen LogP contribution in [0.2, 0.25) is 0 Å². The first kappa shape index (κ1) is 14.5. The number of aliphatic hydroxyl groups excluding tert-OH is 1. The third-order valence-electron chi connectivity index (χ3n) is 3.74. The molecule has 1 rings (SSSR count). The summed E-state index contributed by atoms with van der Waals surface area (Å²) in [6.07, 6.45) is 7.19. The number of ether oxygens (including phenoxy) is 1. The molecular weight excluding hydrogens is 216 g/mol. The maximum atomic E-state index is 11.8. The van der Waals surface area contributed by atoms with Gasteiger partial charge in [0, 0.05) is 0 Å². The fourth-order valence-electron chi connectivity index (χ4n) is 2.80. The van der Waals surface area contributed by atoms with E-state index in [4.69, 9.17) is 4.74 Å². The number of rotatable bonds is 7. The van der Waals surface area contributed by atoms with Crippen LogP contribution in [-0.4, -0.2) is 23.8 Å². The zero-order valence-electron chi connectivity index (χ0n) is 11.2. The van der Waals surface area contributed by atoms with Crippen LogP contribution in [0.5, 0.6) is 0 Å². The van der Waals surface area contributed by atoms with Gasteiger partial charge in [0.1, 0.15) is 0 Å². The number of unbranched alkanes of at least 4 members (excludes halogenated alkanes) is 3. The molecule has 3 heteroatoms. The predicted molar refractivity (Wildman–Crippen MR) is 67.6 cm³/mol. The molecule has 3 nitrogen and oxygen atoms in total. The molecule has 1 aliphatic carbocycles.